The summed E-state index contributed by atoms with van der Waals surface area (Å²) in [5.41, 5.74) is 2.11. The summed E-state index contributed by atoms with van der Waals surface area (Å²) in [5.74, 6) is 0.709. The van der Waals surface area contributed by atoms with Gasteiger partial charge in [0.15, 0.2) is 0 Å². The Labute approximate surface area is 124 Å². The summed E-state index contributed by atoms with van der Waals surface area (Å²) in [6.07, 6.45) is 1.22. The minimum atomic E-state index is -0.904. The van der Waals surface area contributed by atoms with E-state index in [2.05, 4.69) is 21.4 Å². The molecular weight excluding hydrogens is 266 g/mol. The first kappa shape index (κ1) is 14.1. The molecule has 0 amide bonds. The predicted molar refractivity (Wildman–Crippen MR) is 81.7 cm³/mol. The van der Waals surface area contributed by atoms with E-state index in [0.29, 0.717) is 11.5 Å². The highest BCUT2D eigenvalue weighted by atomic mass is 16.4. The molecule has 1 aromatic heterocycles. The van der Waals surface area contributed by atoms with E-state index in [-0.39, 0.29) is 0 Å². The Bertz CT molecular complexity index is 677. The fourth-order valence-corrected chi connectivity index (χ4v) is 3.22. The number of hydrogen-bond donors (Lipinski definition) is 1. The molecular formula is C16H21N3O2. The van der Waals surface area contributed by atoms with Crippen LogP contribution in [0.1, 0.15) is 29.5 Å². The average Bonchev–Trinajstić information content (AvgIpc) is 3.04. The quantitative estimate of drug-likeness (QED) is 0.938. The highest BCUT2D eigenvalue weighted by Gasteiger charge is 2.23. The van der Waals surface area contributed by atoms with Gasteiger partial charge in [0.2, 0.25) is 0 Å². The number of likely N-dealkylation sites (tertiary alicyclic amines) is 1. The van der Waals surface area contributed by atoms with Crippen LogP contribution in [-0.2, 0) is 6.54 Å². The third kappa shape index (κ3) is 2.65. The van der Waals surface area contributed by atoms with Gasteiger partial charge >= 0.3 is 5.97 Å². The highest BCUT2D eigenvalue weighted by Crippen LogP contribution is 2.23. The molecule has 112 valence electrons. The topological polar surface area (TPSA) is 58.4 Å². The van der Waals surface area contributed by atoms with Crippen molar-refractivity contribution in [3.05, 3.63) is 29.6 Å². The van der Waals surface area contributed by atoms with Gasteiger partial charge in [-0.3, -0.25) is 0 Å². The molecule has 5 nitrogen and oxygen atoms in total. The third-order valence-electron chi connectivity index (χ3n) is 4.44. The van der Waals surface area contributed by atoms with Crippen molar-refractivity contribution < 1.29 is 9.90 Å². The molecule has 21 heavy (non-hydrogen) atoms. The molecule has 2 heterocycles. The summed E-state index contributed by atoms with van der Waals surface area (Å²) in [6, 6.07) is 5.20. The lowest BCUT2D eigenvalue weighted by molar-refractivity contribution is 0.0697. The van der Waals surface area contributed by atoms with Crippen LogP contribution in [0.25, 0.3) is 11.0 Å². The van der Waals surface area contributed by atoms with Crippen LogP contribution in [0.15, 0.2) is 18.2 Å². The van der Waals surface area contributed by atoms with Crippen LogP contribution in [0.3, 0.4) is 0 Å². The molecule has 2 aromatic rings. The number of nitrogens with zero attached hydrogens (tertiary/aromatic N) is 3. The lowest BCUT2D eigenvalue weighted by Crippen LogP contribution is -2.21. The van der Waals surface area contributed by atoms with E-state index in [0.717, 1.165) is 36.5 Å². The number of carbonyl (C=O) groups is 1. The van der Waals surface area contributed by atoms with Gasteiger partial charge in [0.05, 0.1) is 16.6 Å². The van der Waals surface area contributed by atoms with Crippen LogP contribution in [0.5, 0.6) is 0 Å². The number of carboxylic acid groups (broad SMARTS) is 1. The number of aromatic nitrogens is 2. The maximum Gasteiger partial charge on any atom is 0.335 e. The van der Waals surface area contributed by atoms with E-state index in [1.54, 1.807) is 12.1 Å². The van der Waals surface area contributed by atoms with Gasteiger partial charge in [0.25, 0.3) is 0 Å². The lowest BCUT2D eigenvalue weighted by Gasteiger charge is -2.15. The van der Waals surface area contributed by atoms with Crippen molar-refractivity contribution in [2.75, 3.05) is 19.6 Å². The zero-order chi connectivity index (χ0) is 15.0. The Morgan fingerprint density at radius 2 is 2.29 bits per heavy atom. The van der Waals surface area contributed by atoms with Crippen LogP contribution < -0.4 is 0 Å². The van der Waals surface area contributed by atoms with Crippen molar-refractivity contribution in [3.8, 4) is 0 Å². The molecule has 1 N–H and O–H groups in total. The van der Waals surface area contributed by atoms with E-state index in [1.165, 1.54) is 13.0 Å². The number of rotatable bonds is 4. The summed E-state index contributed by atoms with van der Waals surface area (Å²) in [6.45, 7) is 8.59. The van der Waals surface area contributed by atoms with Crippen molar-refractivity contribution in [1.82, 2.24) is 14.5 Å². The normalized spacial score (nSPS) is 19.4. The number of benzene rings is 1. The van der Waals surface area contributed by atoms with Gasteiger partial charge in [-0.1, -0.05) is 6.92 Å². The van der Waals surface area contributed by atoms with E-state index >= 15 is 0 Å². The minimum Gasteiger partial charge on any atom is -0.478 e. The van der Waals surface area contributed by atoms with Gasteiger partial charge in [-0.05, 0) is 50.6 Å². The summed E-state index contributed by atoms with van der Waals surface area (Å²) < 4.78 is 2.23. The van der Waals surface area contributed by atoms with Crippen LogP contribution >= 0.6 is 0 Å². The van der Waals surface area contributed by atoms with E-state index in [4.69, 9.17) is 5.11 Å². The molecule has 1 aliphatic heterocycles. The first-order chi connectivity index (χ1) is 10.1. The smallest absolute Gasteiger partial charge is 0.335 e. The maximum atomic E-state index is 11.0. The molecule has 1 aromatic carbocycles. The van der Waals surface area contributed by atoms with Crippen molar-refractivity contribution in [1.29, 1.82) is 0 Å². The number of hydrogen-bond acceptors (Lipinski definition) is 3. The number of imidazole rings is 1. The summed E-state index contributed by atoms with van der Waals surface area (Å²) in [5, 5.41) is 9.07. The lowest BCUT2D eigenvalue weighted by atomic mass is 10.1. The predicted octanol–water partition coefficient (Wildman–Crippen LogP) is 2.38. The largest absolute Gasteiger partial charge is 0.478 e. The van der Waals surface area contributed by atoms with E-state index < -0.39 is 5.97 Å². The van der Waals surface area contributed by atoms with Crippen molar-refractivity contribution in [3.63, 3.8) is 0 Å². The van der Waals surface area contributed by atoms with Crippen LogP contribution in [-0.4, -0.2) is 45.2 Å². The van der Waals surface area contributed by atoms with Crippen molar-refractivity contribution >= 4 is 17.0 Å². The molecule has 3 rings (SSSR count). The number of fused-ring (bicyclic) bond motifs is 1. The standard InChI is InChI=1S/C16H21N3O2/c1-3-18-7-6-12(9-18)10-19-11(2)17-14-8-13(16(20)21)4-5-15(14)19/h4-5,8,12H,3,6-7,9-10H2,1-2H3,(H,20,21). The summed E-state index contributed by atoms with van der Waals surface area (Å²) >= 11 is 0. The fraction of sp³-hybridized carbons (Fsp3) is 0.500. The monoisotopic (exact) mass is 287 g/mol. The molecule has 0 saturated carbocycles. The first-order valence-corrected chi connectivity index (χ1v) is 7.51. The zero-order valence-electron chi connectivity index (χ0n) is 12.5. The van der Waals surface area contributed by atoms with E-state index in [1.807, 2.05) is 13.0 Å². The Kier molecular flexibility index (Phi) is 3.68. The number of aryl methyl sites for hydroxylation is 1. The Hall–Kier alpha value is -1.88. The summed E-state index contributed by atoms with van der Waals surface area (Å²) in [7, 11) is 0. The Morgan fingerprint density at radius 3 is 2.95 bits per heavy atom. The second-order valence-electron chi connectivity index (χ2n) is 5.83. The van der Waals surface area contributed by atoms with Gasteiger partial charge in [0, 0.05) is 13.1 Å². The number of carboxylic acids is 1. The van der Waals surface area contributed by atoms with E-state index in [9.17, 15) is 4.79 Å². The SMILES string of the molecule is CCN1CCC(Cn2c(C)nc3cc(C(=O)O)ccc32)C1. The highest BCUT2D eigenvalue weighted by molar-refractivity contribution is 5.92. The molecule has 1 atom stereocenters. The van der Waals surface area contributed by atoms with Crippen LogP contribution in [0, 0.1) is 12.8 Å². The van der Waals surface area contributed by atoms with Gasteiger partial charge in [-0.15, -0.1) is 0 Å². The molecule has 0 radical (unpaired) electrons. The van der Waals surface area contributed by atoms with Crippen LogP contribution in [0.4, 0.5) is 0 Å². The van der Waals surface area contributed by atoms with Crippen molar-refractivity contribution in [2.24, 2.45) is 5.92 Å². The Balaban J connectivity index is 1.88. The van der Waals surface area contributed by atoms with Gasteiger partial charge in [-0.2, -0.15) is 0 Å². The molecule has 1 unspecified atom stereocenters. The van der Waals surface area contributed by atoms with Crippen molar-refractivity contribution in [2.45, 2.75) is 26.8 Å². The molecule has 5 heteroatoms. The minimum absolute atomic E-state index is 0.296. The zero-order valence-corrected chi connectivity index (χ0v) is 12.5. The van der Waals surface area contributed by atoms with Crippen LogP contribution in [0.2, 0.25) is 0 Å². The molecule has 1 saturated heterocycles. The molecule has 0 aliphatic carbocycles. The van der Waals surface area contributed by atoms with Gasteiger partial charge in [-0.25, -0.2) is 9.78 Å². The third-order valence-corrected chi connectivity index (χ3v) is 4.44. The van der Waals surface area contributed by atoms with Gasteiger partial charge in [0.1, 0.15) is 5.82 Å². The maximum absolute atomic E-state index is 11.0. The van der Waals surface area contributed by atoms with Gasteiger partial charge < -0.3 is 14.6 Å². The molecule has 1 aliphatic rings. The Morgan fingerprint density at radius 1 is 1.48 bits per heavy atom. The first-order valence-electron chi connectivity index (χ1n) is 7.51. The molecule has 0 spiro atoms. The summed E-state index contributed by atoms with van der Waals surface area (Å²) in [4.78, 5) is 18.0. The second kappa shape index (κ2) is 5.48. The second-order valence-corrected chi connectivity index (χ2v) is 5.83. The molecule has 1 fully saturated rings. The fourth-order valence-electron chi connectivity index (χ4n) is 3.22. The average molecular weight is 287 g/mol. The number of aromatic carboxylic acids is 1. The molecule has 0 bridgehead atoms.